The molecule has 8 heteroatoms. The van der Waals surface area contributed by atoms with Crippen molar-refractivity contribution in [2.24, 2.45) is 0 Å². The van der Waals surface area contributed by atoms with Gasteiger partial charge in [-0.25, -0.2) is 4.98 Å². The summed E-state index contributed by atoms with van der Waals surface area (Å²) in [4.78, 5) is 17.1. The number of aromatic nitrogens is 1. The normalized spacial score (nSPS) is 15.4. The van der Waals surface area contributed by atoms with E-state index in [-0.39, 0.29) is 23.7 Å². The van der Waals surface area contributed by atoms with E-state index in [2.05, 4.69) is 47.8 Å². The lowest BCUT2D eigenvalue weighted by Gasteiger charge is -2.25. The topological polar surface area (TPSA) is 125 Å². The number of rotatable bonds is 7. The standard InChI is InChI=1S/C28H34N6O2/c1-17(2)23-10-9-21(14-18(23)3)34-28(35)19-6-4-7-20(15-19)33-24-11-13-32-26(29)25(24)27(30)36-22-8-5-12-31-16-22/h4,6-7,9-11,13-15,17,22,30-31H,5,8,12,16H2,1-3H3,(H,34,35)(H3,29,32,33)/t22-/m1/s1. The van der Waals surface area contributed by atoms with Crippen molar-refractivity contribution in [2.45, 2.75) is 45.6 Å². The highest BCUT2D eigenvalue weighted by molar-refractivity contribution is 6.05. The molecule has 1 amide bonds. The third kappa shape index (κ3) is 6.01. The van der Waals surface area contributed by atoms with E-state index >= 15 is 0 Å². The van der Waals surface area contributed by atoms with E-state index in [4.69, 9.17) is 15.9 Å². The molecule has 1 aliphatic heterocycles. The molecule has 2 heterocycles. The molecule has 2 aromatic carbocycles. The first-order valence-corrected chi connectivity index (χ1v) is 12.3. The molecule has 6 N–H and O–H groups in total. The monoisotopic (exact) mass is 486 g/mol. The Labute approximate surface area is 212 Å². The summed E-state index contributed by atoms with van der Waals surface area (Å²) >= 11 is 0. The molecule has 0 bridgehead atoms. The van der Waals surface area contributed by atoms with Gasteiger partial charge in [-0.15, -0.1) is 0 Å². The molecule has 188 valence electrons. The first kappa shape index (κ1) is 25.2. The van der Waals surface area contributed by atoms with Gasteiger partial charge in [0.25, 0.3) is 5.91 Å². The average molecular weight is 487 g/mol. The summed E-state index contributed by atoms with van der Waals surface area (Å²) in [5.41, 5.74) is 11.5. The molecule has 0 aliphatic carbocycles. The highest BCUT2D eigenvalue weighted by Crippen LogP contribution is 2.27. The SMILES string of the molecule is Cc1cc(NC(=O)c2cccc(Nc3ccnc(N)c3C(=N)O[C@@H]3CCCNC3)c2)ccc1C(C)C. The zero-order valence-corrected chi connectivity index (χ0v) is 21.0. The number of carbonyl (C=O) groups excluding carboxylic acids is 1. The van der Waals surface area contributed by atoms with E-state index in [9.17, 15) is 4.79 Å². The Hall–Kier alpha value is -3.91. The first-order valence-electron chi connectivity index (χ1n) is 12.3. The van der Waals surface area contributed by atoms with Gasteiger partial charge in [0.15, 0.2) is 0 Å². The van der Waals surface area contributed by atoms with Gasteiger partial charge in [-0.2, -0.15) is 0 Å². The summed E-state index contributed by atoms with van der Waals surface area (Å²) in [6.07, 6.45) is 3.39. The summed E-state index contributed by atoms with van der Waals surface area (Å²) in [6, 6.07) is 14.9. The third-order valence-corrected chi connectivity index (χ3v) is 6.30. The van der Waals surface area contributed by atoms with Gasteiger partial charge in [-0.1, -0.05) is 26.0 Å². The van der Waals surface area contributed by atoms with Crippen LogP contribution in [0.25, 0.3) is 0 Å². The maximum Gasteiger partial charge on any atom is 0.255 e. The van der Waals surface area contributed by atoms with Crippen LogP contribution in [0.1, 0.15) is 59.7 Å². The molecule has 1 saturated heterocycles. The van der Waals surface area contributed by atoms with Crippen LogP contribution in [0.15, 0.2) is 54.7 Å². The van der Waals surface area contributed by atoms with Crippen molar-refractivity contribution in [3.05, 3.63) is 77.0 Å². The van der Waals surface area contributed by atoms with Gasteiger partial charge in [0.1, 0.15) is 17.5 Å². The predicted molar refractivity (Wildman–Crippen MR) is 145 cm³/mol. The van der Waals surface area contributed by atoms with Gasteiger partial charge in [0.05, 0.1) is 5.69 Å². The number of pyridine rings is 1. The predicted octanol–water partition coefficient (Wildman–Crippen LogP) is 5.19. The molecule has 3 aromatic rings. The number of aryl methyl sites for hydroxylation is 1. The number of nitrogens with zero attached hydrogens (tertiary/aromatic N) is 1. The second-order valence-electron chi connectivity index (χ2n) is 9.42. The van der Waals surface area contributed by atoms with Crippen molar-refractivity contribution < 1.29 is 9.53 Å². The van der Waals surface area contributed by atoms with Crippen LogP contribution in [0.2, 0.25) is 0 Å². The number of benzene rings is 2. The summed E-state index contributed by atoms with van der Waals surface area (Å²) in [5.74, 6) is 0.412. The van der Waals surface area contributed by atoms with E-state index < -0.39 is 0 Å². The lowest BCUT2D eigenvalue weighted by molar-refractivity contribution is 0.102. The Morgan fingerprint density at radius 1 is 1.19 bits per heavy atom. The highest BCUT2D eigenvalue weighted by Gasteiger charge is 2.21. The van der Waals surface area contributed by atoms with Crippen LogP contribution in [0.5, 0.6) is 0 Å². The molecule has 1 aliphatic rings. The molecule has 0 saturated carbocycles. The maximum atomic E-state index is 13.0. The second-order valence-corrected chi connectivity index (χ2v) is 9.42. The van der Waals surface area contributed by atoms with E-state index in [0.29, 0.717) is 35.0 Å². The minimum Gasteiger partial charge on any atom is -0.473 e. The Bertz CT molecular complexity index is 1250. The fourth-order valence-electron chi connectivity index (χ4n) is 4.46. The number of nitrogen functional groups attached to an aromatic ring is 1. The fraction of sp³-hybridized carbons (Fsp3) is 0.321. The van der Waals surface area contributed by atoms with Crippen molar-refractivity contribution in [3.63, 3.8) is 0 Å². The zero-order valence-electron chi connectivity index (χ0n) is 21.0. The van der Waals surface area contributed by atoms with Gasteiger partial charge in [-0.3, -0.25) is 10.2 Å². The van der Waals surface area contributed by atoms with E-state index in [1.807, 2.05) is 24.3 Å². The van der Waals surface area contributed by atoms with Crippen molar-refractivity contribution >= 4 is 34.7 Å². The Morgan fingerprint density at radius 2 is 2.03 bits per heavy atom. The Kier molecular flexibility index (Phi) is 7.85. The van der Waals surface area contributed by atoms with Gasteiger partial charge in [-0.05, 0) is 79.8 Å². The van der Waals surface area contributed by atoms with Crippen LogP contribution in [0.3, 0.4) is 0 Å². The number of amides is 1. The molecule has 4 rings (SSSR count). The first-order chi connectivity index (χ1) is 17.3. The van der Waals surface area contributed by atoms with Crippen LogP contribution in [-0.2, 0) is 4.74 Å². The molecule has 0 spiro atoms. The molecule has 36 heavy (non-hydrogen) atoms. The summed E-state index contributed by atoms with van der Waals surface area (Å²) in [6.45, 7) is 8.02. The van der Waals surface area contributed by atoms with E-state index in [1.54, 1.807) is 24.4 Å². The van der Waals surface area contributed by atoms with Crippen molar-refractivity contribution in [2.75, 3.05) is 29.5 Å². The number of nitrogens with two attached hydrogens (primary N) is 1. The van der Waals surface area contributed by atoms with Crippen LogP contribution in [0.4, 0.5) is 22.9 Å². The molecule has 1 aromatic heterocycles. The van der Waals surface area contributed by atoms with Crippen molar-refractivity contribution in [3.8, 4) is 0 Å². The summed E-state index contributed by atoms with van der Waals surface area (Å²) < 4.78 is 5.89. The number of hydrogen-bond donors (Lipinski definition) is 5. The molecular formula is C28H34N6O2. The highest BCUT2D eigenvalue weighted by atomic mass is 16.5. The smallest absolute Gasteiger partial charge is 0.255 e. The molecule has 1 fully saturated rings. The number of piperidine rings is 1. The Morgan fingerprint density at radius 3 is 2.75 bits per heavy atom. The largest absolute Gasteiger partial charge is 0.473 e. The maximum absolute atomic E-state index is 13.0. The Balaban J connectivity index is 1.50. The van der Waals surface area contributed by atoms with Crippen LogP contribution in [-0.4, -0.2) is 36.0 Å². The molecule has 0 radical (unpaired) electrons. The average Bonchev–Trinajstić information content (AvgIpc) is 2.84. The van der Waals surface area contributed by atoms with Gasteiger partial charge < -0.3 is 26.4 Å². The number of hydrogen-bond acceptors (Lipinski definition) is 7. The lowest BCUT2D eigenvalue weighted by Crippen LogP contribution is -2.36. The van der Waals surface area contributed by atoms with Crippen LogP contribution in [0, 0.1) is 12.3 Å². The van der Waals surface area contributed by atoms with Crippen molar-refractivity contribution in [1.29, 1.82) is 5.41 Å². The molecule has 0 unspecified atom stereocenters. The van der Waals surface area contributed by atoms with E-state index in [1.165, 1.54) is 5.56 Å². The van der Waals surface area contributed by atoms with Crippen LogP contribution < -0.4 is 21.7 Å². The minimum atomic E-state index is -0.203. The van der Waals surface area contributed by atoms with Gasteiger partial charge >= 0.3 is 0 Å². The molecule has 1 atom stereocenters. The van der Waals surface area contributed by atoms with Crippen LogP contribution >= 0.6 is 0 Å². The lowest BCUT2D eigenvalue weighted by atomic mass is 9.97. The summed E-state index contributed by atoms with van der Waals surface area (Å²) in [5, 5.41) is 18.1. The number of nitrogens with one attached hydrogen (secondary N) is 4. The fourth-order valence-corrected chi connectivity index (χ4v) is 4.46. The number of carbonyl (C=O) groups is 1. The zero-order chi connectivity index (χ0) is 25.7. The number of anilines is 4. The van der Waals surface area contributed by atoms with E-state index in [0.717, 1.165) is 30.6 Å². The summed E-state index contributed by atoms with van der Waals surface area (Å²) in [7, 11) is 0. The number of ether oxygens (including phenoxy) is 1. The molecule has 8 nitrogen and oxygen atoms in total. The quantitative estimate of drug-likeness (QED) is 0.231. The second kappa shape index (κ2) is 11.2. The third-order valence-electron chi connectivity index (χ3n) is 6.30. The van der Waals surface area contributed by atoms with Gasteiger partial charge in [0.2, 0.25) is 5.90 Å². The molecular weight excluding hydrogens is 452 g/mol. The van der Waals surface area contributed by atoms with Gasteiger partial charge in [0, 0.05) is 29.7 Å². The minimum absolute atomic E-state index is 0.0223. The van der Waals surface area contributed by atoms with Crippen molar-refractivity contribution in [1.82, 2.24) is 10.3 Å².